The van der Waals surface area contributed by atoms with Crippen molar-refractivity contribution in [3.63, 3.8) is 0 Å². The number of carbonyl (C=O) groups is 1. The lowest BCUT2D eigenvalue weighted by Crippen LogP contribution is -2.42. The molecule has 2 aliphatic heterocycles. The van der Waals surface area contributed by atoms with Gasteiger partial charge in [-0.3, -0.25) is 9.69 Å². The molecule has 0 radical (unpaired) electrons. The summed E-state index contributed by atoms with van der Waals surface area (Å²) in [6, 6.07) is 20.9. The molecule has 2 unspecified atom stereocenters. The van der Waals surface area contributed by atoms with Crippen molar-refractivity contribution < 1.29 is 4.79 Å². The van der Waals surface area contributed by atoms with Crippen LogP contribution in [-0.4, -0.2) is 12.5 Å². The first-order valence-corrected chi connectivity index (χ1v) is 12.9. The van der Waals surface area contributed by atoms with E-state index in [1.165, 1.54) is 16.7 Å². The van der Waals surface area contributed by atoms with Gasteiger partial charge in [0.25, 0.3) is 5.91 Å². The molecule has 0 fully saturated rings. The second-order valence-electron chi connectivity index (χ2n) is 10.8. The van der Waals surface area contributed by atoms with Gasteiger partial charge in [0.15, 0.2) is 0 Å². The summed E-state index contributed by atoms with van der Waals surface area (Å²) >= 11 is 4.74. The molecule has 0 spiro atoms. The molecule has 35 heavy (non-hydrogen) atoms. The summed E-state index contributed by atoms with van der Waals surface area (Å²) < 4.78 is 2.04. The number of amides is 1. The molecular weight excluding hydrogens is 448 g/mol. The van der Waals surface area contributed by atoms with Gasteiger partial charge in [0, 0.05) is 23.7 Å². The third-order valence-corrected chi connectivity index (χ3v) is 7.90. The first-order valence-electron chi connectivity index (χ1n) is 12.5. The predicted molar refractivity (Wildman–Crippen MR) is 150 cm³/mol. The number of fused-ring (bicyclic) bond motifs is 2. The number of aryl methyl sites for hydroxylation is 2. The summed E-state index contributed by atoms with van der Waals surface area (Å²) in [7, 11) is 0. The van der Waals surface area contributed by atoms with Crippen LogP contribution >= 0.6 is 12.8 Å². The second kappa shape index (κ2) is 8.91. The van der Waals surface area contributed by atoms with Crippen molar-refractivity contribution in [2.45, 2.75) is 57.9 Å². The Labute approximate surface area is 215 Å². The Kier molecular flexibility index (Phi) is 6.04. The molecule has 0 saturated carbocycles. The van der Waals surface area contributed by atoms with Gasteiger partial charge in [0.05, 0.1) is 11.7 Å². The molecule has 0 bridgehead atoms. The number of benzene rings is 3. The molecule has 4 heteroatoms. The van der Waals surface area contributed by atoms with Crippen LogP contribution in [0.3, 0.4) is 0 Å². The van der Waals surface area contributed by atoms with Crippen molar-refractivity contribution in [3.8, 4) is 0 Å². The average Bonchev–Trinajstić information content (AvgIpc) is 2.83. The minimum atomic E-state index is -0.191. The van der Waals surface area contributed by atoms with E-state index in [-0.39, 0.29) is 23.3 Å². The number of anilines is 2. The minimum absolute atomic E-state index is 0.0264. The van der Waals surface area contributed by atoms with Gasteiger partial charge < -0.3 is 4.31 Å². The van der Waals surface area contributed by atoms with Gasteiger partial charge in [0.2, 0.25) is 0 Å². The molecule has 2 aliphatic rings. The summed E-state index contributed by atoms with van der Waals surface area (Å²) in [6.07, 6.45) is 4.16. The van der Waals surface area contributed by atoms with Crippen LogP contribution in [0.15, 0.2) is 73.3 Å². The van der Waals surface area contributed by atoms with Gasteiger partial charge in [-0.05, 0) is 77.3 Å². The van der Waals surface area contributed by atoms with E-state index in [9.17, 15) is 4.79 Å². The summed E-state index contributed by atoms with van der Waals surface area (Å²) in [5.74, 6) is 0.00793. The zero-order valence-electron chi connectivity index (χ0n) is 21.1. The number of thiol groups is 1. The summed E-state index contributed by atoms with van der Waals surface area (Å²) in [5.41, 5.74) is 8.80. The third-order valence-electron chi connectivity index (χ3n) is 7.48. The van der Waals surface area contributed by atoms with E-state index in [4.69, 9.17) is 12.8 Å². The van der Waals surface area contributed by atoms with Gasteiger partial charge in [0.1, 0.15) is 0 Å². The number of hydrogen-bond donors (Lipinski definition) is 1. The zero-order chi connectivity index (χ0) is 24.9. The first kappa shape index (κ1) is 23.7. The third kappa shape index (κ3) is 4.08. The molecular formula is C31H34N2OS. The fourth-order valence-electron chi connectivity index (χ4n) is 5.85. The van der Waals surface area contributed by atoms with Crippen molar-refractivity contribution in [2.75, 3.05) is 15.7 Å². The summed E-state index contributed by atoms with van der Waals surface area (Å²) in [4.78, 5) is 16.1. The van der Waals surface area contributed by atoms with E-state index < -0.39 is 0 Å². The summed E-state index contributed by atoms with van der Waals surface area (Å²) in [5, 5.41) is 0. The Balaban J connectivity index is 1.71. The number of nitrogens with zero attached hydrogens (tertiary/aromatic N) is 2. The van der Waals surface area contributed by atoms with Crippen molar-refractivity contribution in [1.29, 1.82) is 0 Å². The molecule has 1 amide bonds. The fraction of sp³-hybridized carbons (Fsp3) is 0.323. The zero-order valence-corrected chi connectivity index (χ0v) is 22.0. The predicted octanol–water partition coefficient (Wildman–Crippen LogP) is 7.56. The number of rotatable bonds is 3. The van der Waals surface area contributed by atoms with Crippen molar-refractivity contribution in [3.05, 3.63) is 107 Å². The van der Waals surface area contributed by atoms with Crippen LogP contribution in [-0.2, 0) is 11.8 Å². The standard InChI is InChI=1S/C31H34N2OS/c1-6-24-25-11-7-8-12-26(25)30(34)33(23-15-16-27(20(2)18-23)31(3,4)5)29(24)22-14-13-21-10-9-17-32(35)28(21)19-22/h6-8,11-16,18-19,24,29,35H,1,9-10,17H2,2-5H3. The quantitative estimate of drug-likeness (QED) is 0.307. The molecule has 0 aromatic heterocycles. The highest BCUT2D eigenvalue weighted by atomic mass is 32.1. The van der Waals surface area contributed by atoms with E-state index in [1.807, 2.05) is 33.5 Å². The molecule has 0 aliphatic carbocycles. The Hall–Kier alpha value is -2.98. The highest BCUT2D eigenvalue weighted by Gasteiger charge is 2.40. The molecule has 3 aromatic carbocycles. The van der Waals surface area contributed by atoms with Gasteiger partial charge in [-0.25, -0.2) is 0 Å². The van der Waals surface area contributed by atoms with E-state index in [2.05, 4.69) is 76.7 Å². The van der Waals surface area contributed by atoms with Gasteiger partial charge in [-0.1, -0.05) is 76.1 Å². The Morgan fingerprint density at radius 1 is 1.06 bits per heavy atom. The summed E-state index contributed by atoms with van der Waals surface area (Å²) in [6.45, 7) is 14.0. The van der Waals surface area contributed by atoms with Crippen LogP contribution in [0.1, 0.15) is 77.3 Å². The van der Waals surface area contributed by atoms with Crippen LogP contribution in [0.25, 0.3) is 0 Å². The van der Waals surface area contributed by atoms with Crippen molar-refractivity contribution in [1.82, 2.24) is 0 Å². The number of carbonyl (C=O) groups excluding carboxylic acids is 1. The van der Waals surface area contributed by atoms with Crippen LogP contribution < -0.4 is 9.21 Å². The van der Waals surface area contributed by atoms with Gasteiger partial charge in [-0.15, -0.1) is 6.58 Å². The Morgan fingerprint density at radius 3 is 2.54 bits per heavy atom. The van der Waals surface area contributed by atoms with E-state index in [1.54, 1.807) is 0 Å². The lowest BCUT2D eigenvalue weighted by Gasteiger charge is -2.42. The van der Waals surface area contributed by atoms with Gasteiger partial charge in [-0.2, -0.15) is 0 Å². The topological polar surface area (TPSA) is 23.6 Å². The molecule has 3 nitrogen and oxygen atoms in total. The van der Waals surface area contributed by atoms with Crippen LogP contribution in [0.2, 0.25) is 0 Å². The highest BCUT2D eigenvalue weighted by Crippen LogP contribution is 2.47. The monoisotopic (exact) mass is 482 g/mol. The van der Waals surface area contributed by atoms with Crippen LogP contribution in [0.4, 0.5) is 11.4 Å². The minimum Gasteiger partial charge on any atom is -0.318 e. The fourth-order valence-corrected chi connectivity index (χ4v) is 6.18. The molecule has 0 N–H and O–H groups in total. The van der Waals surface area contributed by atoms with E-state index in [0.29, 0.717) is 0 Å². The maximum atomic E-state index is 14.1. The molecule has 2 heterocycles. The van der Waals surface area contributed by atoms with E-state index in [0.717, 1.165) is 47.5 Å². The highest BCUT2D eigenvalue weighted by molar-refractivity contribution is 7.81. The maximum Gasteiger partial charge on any atom is 0.259 e. The average molecular weight is 483 g/mol. The van der Waals surface area contributed by atoms with Crippen molar-refractivity contribution in [2.24, 2.45) is 0 Å². The van der Waals surface area contributed by atoms with Crippen LogP contribution in [0, 0.1) is 6.92 Å². The van der Waals surface area contributed by atoms with Crippen LogP contribution in [0.5, 0.6) is 0 Å². The maximum absolute atomic E-state index is 14.1. The molecule has 5 rings (SSSR count). The Bertz CT molecular complexity index is 1310. The molecule has 180 valence electrons. The van der Waals surface area contributed by atoms with Gasteiger partial charge >= 0.3 is 0 Å². The lowest BCUT2D eigenvalue weighted by molar-refractivity contribution is 0.0963. The molecule has 3 aromatic rings. The Morgan fingerprint density at radius 2 is 1.83 bits per heavy atom. The molecule has 2 atom stereocenters. The second-order valence-corrected chi connectivity index (χ2v) is 11.3. The lowest BCUT2D eigenvalue weighted by atomic mass is 9.78. The normalized spacial score (nSPS) is 19.9. The first-order chi connectivity index (χ1) is 16.7. The van der Waals surface area contributed by atoms with Crippen molar-refractivity contribution >= 4 is 30.1 Å². The SMILES string of the molecule is C=CC1c2ccccc2C(=O)N(c2ccc(C(C)(C)C)c(C)c2)C1c1ccc2c(c1)N(S)CCC2. The molecule has 0 saturated heterocycles. The smallest absolute Gasteiger partial charge is 0.259 e. The van der Waals surface area contributed by atoms with E-state index >= 15 is 0 Å². The largest absolute Gasteiger partial charge is 0.318 e. The number of hydrogen-bond acceptors (Lipinski definition) is 3.